The largest absolute Gasteiger partial charge is 0.466 e. The highest BCUT2D eigenvalue weighted by Crippen LogP contribution is 2.19. The van der Waals surface area contributed by atoms with Crippen molar-refractivity contribution < 1.29 is 18.4 Å². The minimum atomic E-state index is -0.344. The number of aryl methyl sites for hydroxylation is 2. The fourth-order valence-corrected chi connectivity index (χ4v) is 2.01. The van der Waals surface area contributed by atoms with Crippen molar-refractivity contribution in [3.63, 3.8) is 0 Å². The maximum Gasteiger partial charge on any atom is 0.205 e. The Morgan fingerprint density at radius 3 is 2.39 bits per heavy atom. The first-order chi connectivity index (χ1) is 8.47. The molecule has 2 aromatic heterocycles. The van der Waals surface area contributed by atoms with Gasteiger partial charge in [0.2, 0.25) is 5.78 Å². The Bertz CT molecular complexity index is 606. The van der Waals surface area contributed by atoms with Crippen molar-refractivity contribution in [2.24, 2.45) is 0 Å². The molecule has 0 aliphatic rings. The molecule has 0 amide bonds. The Morgan fingerprint density at radius 2 is 1.89 bits per heavy atom. The fraction of sp³-hybridized carbons (Fsp3) is 0.231. The average molecular weight is 311 g/mol. The van der Waals surface area contributed by atoms with Crippen molar-refractivity contribution in [1.82, 2.24) is 0 Å². The number of carbonyl (C=O) groups is 2. The van der Waals surface area contributed by atoms with Crippen LogP contribution >= 0.6 is 15.9 Å². The van der Waals surface area contributed by atoms with E-state index in [1.807, 2.05) is 0 Å². The molecule has 0 bridgehead atoms. The summed E-state index contributed by atoms with van der Waals surface area (Å²) >= 11 is 3.11. The Morgan fingerprint density at radius 1 is 1.17 bits per heavy atom. The van der Waals surface area contributed by atoms with Crippen LogP contribution in [0.1, 0.15) is 38.9 Å². The average Bonchev–Trinajstić information content (AvgIpc) is 2.84. The van der Waals surface area contributed by atoms with Crippen LogP contribution in [0, 0.1) is 13.8 Å². The number of carbonyl (C=O) groups excluding carboxylic acids is 2. The molecule has 0 aliphatic heterocycles. The predicted octanol–water partition coefficient (Wildman–Crippen LogP) is 3.71. The van der Waals surface area contributed by atoms with Crippen molar-refractivity contribution in [2.75, 3.05) is 0 Å². The minimum Gasteiger partial charge on any atom is -0.466 e. The lowest BCUT2D eigenvalue weighted by molar-refractivity contribution is 0.0876. The van der Waals surface area contributed by atoms with E-state index in [1.165, 1.54) is 6.07 Å². The zero-order chi connectivity index (χ0) is 13.3. The highest BCUT2D eigenvalue weighted by atomic mass is 79.9. The Kier molecular flexibility index (Phi) is 3.52. The summed E-state index contributed by atoms with van der Waals surface area (Å²) in [5.74, 6) is 0.758. The van der Waals surface area contributed by atoms with Gasteiger partial charge < -0.3 is 8.83 Å². The molecule has 0 N–H and O–H groups in total. The van der Waals surface area contributed by atoms with Crippen LogP contribution < -0.4 is 0 Å². The van der Waals surface area contributed by atoms with E-state index in [-0.39, 0.29) is 23.7 Å². The first kappa shape index (κ1) is 12.8. The summed E-state index contributed by atoms with van der Waals surface area (Å²) in [7, 11) is 0. The minimum absolute atomic E-state index is 0.174. The second-order valence-corrected chi connectivity index (χ2v) is 4.74. The molecule has 18 heavy (non-hydrogen) atoms. The van der Waals surface area contributed by atoms with Crippen molar-refractivity contribution in [1.29, 1.82) is 0 Å². The molecule has 5 heteroatoms. The Hall–Kier alpha value is -1.62. The van der Waals surface area contributed by atoms with E-state index in [9.17, 15) is 9.59 Å². The third kappa shape index (κ3) is 2.61. The molecule has 0 unspecified atom stereocenters. The van der Waals surface area contributed by atoms with E-state index in [1.54, 1.807) is 26.0 Å². The third-order valence-electron chi connectivity index (χ3n) is 2.51. The van der Waals surface area contributed by atoms with Gasteiger partial charge in [0.05, 0.1) is 12.0 Å². The summed E-state index contributed by atoms with van der Waals surface area (Å²) < 4.78 is 10.8. The van der Waals surface area contributed by atoms with Crippen LogP contribution in [0.3, 0.4) is 0 Å². The van der Waals surface area contributed by atoms with E-state index in [4.69, 9.17) is 8.83 Å². The van der Waals surface area contributed by atoms with E-state index in [0.717, 1.165) is 0 Å². The molecule has 0 atom stereocenters. The van der Waals surface area contributed by atoms with Crippen LogP contribution in [-0.2, 0) is 0 Å². The van der Waals surface area contributed by atoms with Crippen LogP contribution in [0.15, 0.2) is 31.7 Å². The van der Waals surface area contributed by atoms with Crippen LogP contribution in [0.4, 0.5) is 0 Å². The summed E-state index contributed by atoms with van der Waals surface area (Å²) in [5, 5.41) is 0. The molecule has 0 aromatic carbocycles. The summed E-state index contributed by atoms with van der Waals surface area (Å²) in [4.78, 5) is 23.7. The van der Waals surface area contributed by atoms with Gasteiger partial charge in [-0.15, -0.1) is 0 Å². The van der Waals surface area contributed by atoms with Crippen LogP contribution in [0.5, 0.6) is 0 Å². The fourth-order valence-electron chi connectivity index (χ4n) is 1.70. The van der Waals surface area contributed by atoms with Crippen molar-refractivity contribution in [3.8, 4) is 0 Å². The molecule has 94 valence electrons. The van der Waals surface area contributed by atoms with Gasteiger partial charge in [0.25, 0.3) is 0 Å². The summed E-state index contributed by atoms with van der Waals surface area (Å²) in [5.41, 5.74) is 0.450. The van der Waals surface area contributed by atoms with E-state index in [0.29, 0.717) is 21.8 Å². The molecule has 2 rings (SSSR count). The second kappa shape index (κ2) is 4.94. The van der Waals surface area contributed by atoms with Crippen LogP contribution in [-0.4, -0.2) is 11.6 Å². The number of hydrogen-bond acceptors (Lipinski definition) is 4. The van der Waals surface area contributed by atoms with E-state index < -0.39 is 0 Å². The van der Waals surface area contributed by atoms with Crippen molar-refractivity contribution in [3.05, 3.63) is 45.7 Å². The van der Waals surface area contributed by atoms with Gasteiger partial charge in [-0.3, -0.25) is 9.59 Å². The van der Waals surface area contributed by atoms with Crippen LogP contribution in [0.2, 0.25) is 0 Å². The number of rotatable bonds is 4. The van der Waals surface area contributed by atoms with Gasteiger partial charge in [-0.05, 0) is 48.0 Å². The Balaban J connectivity index is 2.13. The lowest BCUT2D eigenvalue weighted by Crippen LogP contribution is -2.08. The molecule has 0 radical (unpaired) electrons. The van der Waals surface area contributed by atoms with Gasteiger partial charge in [-0.1, -0.05) is 0 Å². The number of hydrogen-bond donors (Lipinski definition) is 0. The van der Waals surface area contributed by atoms with Gasteiger partial charge in [0.1, 0.15) is 11.5 Å². The monoisotopic (exact) mass is 310 g/mol. The normalized spacial score (nSPS) is 10.6. The van der Waals surface area contributed by atoms with Crippen molar-refractivity contribution >= 4 is 27.5 Å². The third-order valence-corrected chi connectivity index (χ3v) is 2.94. The molecule has 0 spiro atoms. The van der Waals surface area contributed by atoms with Gasteiger partial charge in [0.15, 0.2) is 16.2 Å². The van der Waals surface area contributed by atoms with Crippen LogP contribution in [0.25, 0.3) is 0 Å². The molecule has 0 fully saturated rings. The second-order valence-electron chi connectivity index (χ2n) is 3.95. The molecule has 0 saturated heterocycles. The maximum absolute atomic E-state index is 11.9. The molecule has 2 heterocycles. The zero-order valence-corrected chi connectivity index (χ0v) is 11.5. The van der Waals surface area contributed by atoms with Gasteiger partial charge in [-0.2, -0.15) is 0 Å². The standard InChI is InChI=1S/C13H11BrO4/c1-7-5-9(8(2)17-7)10(15)6-11(16)12-3-4-13(14)18-12/h3-5H,6H2,1-2H3. The molecule has 0 saturated carbocycles. The Labute approximate surface area is 112 Å². The molecular weight excluding hydrogens is 300 g/mol. The van der Waals surface area contributed by atoms with E-state index in [2.05, 4.69) is 15.9 Å². The highest BCUT2D eigenvalue weighted by molar-refractivity contribution is 9.10. The number of Topliss-reactive ketones (excluding diaryl/α,β-unsaturated/α-hetero) is 2. The lowest BCUT2D eigenvalue weighted by Gasteiger charge is -1.97. The predicted molar refractivity (Wildman–Crippen MR) is 67.9 cm³/mol. The van der Waals surface area contributed by atoms with Gasteiger partial charge in [0, 0.05) is 0 Å². The maximum atomic E-state index is 11.9. The zero-order valence-electron chi connectivity index (χ0n) is 9.95. The van der Waals surface area contributed by atoms with Crippen molar-refractivity contribution in [2.45, 2.75) is 20.3 Å². The number of furan rings is 2. The summed E-state index contributed by atoms with van der Waals surface area (Å²) in [6, 6.07) is 4.79. The van der Waals surface area contributed by atoms with Gasteiger partial charge in [-0.25, -0.2) is 0 Å². The first-order valence-corrected chi connectivity index (χ1v) is 6.15. The molecule has 2 aromatic rings. The molecule has 0 aliphatic carbocycles. The molecular formula is C13H11BrO4. The van der Waals surface area contributed by atoms with E-state index >= 15 is 0 Å². The highest BCUT2D eigenvalue weighted by Gasteiger charge is 2.19. The summed E-state index contributed by atoms with van der Waals surface area (Å²) in [6.07, 6.45) is -0.222. The van der Waals surface area contributed by atoms with Gasteiger partial charge >= 0.3 is 0 Å². The molecule has 4 nitrogen and oxygen atoms in total. The smallest absolute Gasteiger partial charge is 0.205 e. The lowest BCUT2D eigenvalue weighted by atomic mass is 10.1. The number of halogens is 1. The summed E-state index contributed by atoms with van der Waals surface area (Å²) in [6.45, 7) is 3.46. The quantitative estimate of drug-likeness (QED) is 0.638. The first-order valence-electron chi connectivity index (χ1n) is 5.36. The SMILES string of the molecule is Cc1cc(C(=O)CC(=O)c2ccc(Br)o2)c(C)o1. The number of ketones is 2. The topological polar surface area (TPSA) is 60.4 Å².